The van der Waals surface area contributed by atoms with Crippen molar-refractivity contribution >= 4 is 46.9 Å². The summed E-state index contributed by atoms with van der Waals surface area (Å²) in [5.41, 5.74) is 1.32. The molecular weight excluding hydrogens is 473 g/mol. The zero-order valence-electron chi connectivity index (χ0n) is 17.6. The average Bonchev–Trinajstić information content (AvgIpc) is 3.17. The second-order valence-corrected chi connectivity index (χ2v) is 8.76. The van der Waals surface area contributed by atoms with Gasteiger partial charge in [0.05, 0.1) is 18.0 Å². The number of aromatic nitrogens is 3. The Labute approximate surface area is 199 Å². The number of hydrogen-bond acceptors (Lipinski definition) is 6. The maximum Gasteiger partial charge on any atom is 0.321 e. The van der Waals surface area contributed by atoms with Crippen molar-refractivity contribution in [2.45, 2.75) is 24.3 Å². The van der Waals surface area contributed by atoms with E-state index in [1.807, 2.05) is 6.07 Å². The fourth-order valence-corrected chi connectivity index (χ4v) is 4.06. The summed E-state index contributed by atoms with van der Waals surface area (Å²) in [6, 6.07) is 11.8. The van der Waals surface area contributed by atoms with Gasteiger partial charge in [-0.05, 0) is 44.2 Å². The number of amides is 3. The normalized spacial score (nSPS) is 11.7. The van der Waals surface area contributed by atoms with Crippen LogP contribution in [0, 0.1) is 0 Å². The molecule has 0 radical (unpaired) electrons. The Morgan fingerprint density at radius 2 is 1.91 bits per heavy atom. The van der Waals surface area contributed by atoms with Crippen LogP contribution < -0.4 is 15.4 Å². The molecule has 0 aliphatic carbocycles. The predicted octanol–water partition coefficient (Wildman–Crippen LogP) is 4.58. The Hall–Kier alpha value is -2.75. The summed E-state index contributed by atoms with van der Waals surface area (Å²) in [5.74, 6) is 0.573. The molecule has 0 aliphatic rings. The molecule has 8 nitrogen and oxygen atoms in total. The van der Waals surface area contributed by atoms with E-state index in [4.69, 9.17) is 27.9 Å². The van der Waals surface area contributed by atoms with Crippen molar-refractivity contribution in [3.8, 4) is 22.8 Å². The summed E-state index contributed by atoms with van der Waals surface area (Å²) in [7, 11) is 1.55. The first-order valence-corrected chi connectivity index (χ1v) is 11.3. The molecule has 1 heterocycles. The van der Waals surface area contributed by atoms with Crippen LogP contribution in [0.5, 0.6) is 5.75 Å². The summed E-state index contributed by atoms with van der Waals surface area (Å²) < 4.78 is 7.27. The lowest BCUT2D eigenvalue weighted by atomic mass is 10.2. The molecule has 3 amide bonds. The summed E-state index contributed by atoms with van der Waals surface area (Å²) in [6.45, 7) is 3.85. The van der Waals surface area contributed by atoms with E-state index < -0.39 is 17.2 Å². The van der Waals surface area contributed by atoms with Crippen molar-refractivity contribution in [1.29, 1.82) is 0 Å². The predicted molar refractivity (Wildman–Crippen MR) is 126 cm³/mol. The van der Waals surface area contributed by atoms with Gasteiger partial charge >= 0.3 is 6.03 Å². The fourth-order valence-electron chi connectivity index (χ4n) is 2.85. The van der Waals surface area contributed by atoms with Gasteiger partial charge in [-0.1, -0.05) is 47.1 Å². The number of carbonyl (C=O) groups excluding carboxylic acids is 2. The Kier molecular flexibility index (Phi) is 8.00. The molecule has 1 atom stereocenters. The van der Waals surface area contributed by atoms with E-state index >= 15 is 0 Å². The van der Waals surface area contributed by atoms with E-state index in [1.165, 1.54) is 0 Å². The SMILES string of the molecule is CCNC(=O)NC(=O)[C@H](C)Sc1nnc(-c2cccc(Cl)c2)n1-c1cc(Cl)ccc1OC. The van der Waals surface area contributed by atoms with Gasteiger partial charge in [0.25, 0.3) is 0 Å². The third kappa shape index (κ3) is 5.53. The Balaban J connectivity index is 2.05. The summed E-state index contributed by atoms with van der Waals surface area (Å²) in [4.78, 5) is 24.2. The van der Waals surface area contributed by atoms with E-state index in [0.717, 1.165) is 17.3 Å². The molecular formula is C21H21Cl2N5O3S. The number of carbonyl (C=O) groups is 2. The molecule has 0 saturated carbocycles. The van der Waals surface area contributed by atoms with Crippen LogP contribution in [0.3, 0.4) is 0 Å². The zero-order valence-corrected chi connectivity index (χ0v) is 19.9. The standard InChI is InChI=1S/C21H21Cl2N5O3S/c1-4-24-20(30)25-19(29)12(2)32-21-27-26-18(13-6-5-7-14(22)10-13)28(21)16-11-15(23)8-9-17(16)31-3/h5-12H,4H2,1-3H3,(H2,24,25,29,30)/t12-/m0/s1. The molecule has 0 spiro atoms. The number of halogens is 2. The molecule has 1 aromatic heterocycles. The highest BCUT2D eigenvalue weighted by molar-refractivity contribution is 8.00. The number of benzene rings is 2. The van der Waals surface area contributed by atoms with Crippen molar-refractivity contribution in [1.82, 2.24) is 25.4 Å². The molecule has 0 aliphatic heterocycles. The highest BCUT2D eigenvalue weighted by Crippen LogP contribution is 2.35. The summed E-state index contributed by atoms with van der Waals surface area (Å²) in [6.07, 6.45) is 0. The fraction of sp³-hybridized carbons (Fsp3) is 0.238. The van der Waals surface area contributed by atoms with Crippen molar-refractivity contribution in [3.63, 3.8) is 0 Å². The lowest BCUT2D eigenvalue weighted by Gasteiger charge is -2.16. The second kappa shape index (κ2) is 10.7. The number of methoxy groups -OCH3 is 1. The van der Waals surface area contributed by atoms with Gasteiger partial charge in [-0.25, -0.2) is 4.79 Å². The highest BCUT2D eigenvalue weighted by atomic mass is 35.5. The van der Waals surface area contributed by atoms with Gasteiger partial charge in [0, 0.05) is 22.2 Å². The van der Waals surface area contributed by atoms with Crippen LogP contribution in [-0.4, -0.2) is 45.6 Å². The third-order valence-corrected chi connectivity index (χ3v) is 5.84. The second-order valence-electron chi connectivity index (χ2n) is 6.58. The molecule has 168 valence electrons. The zero-order chi connectivity index (χ0) is 23.3. The maximum atomic E-state index is 12.5. The summed E-state index contributed by atoms with van der Waals surface area (Å²) >= 11 is 13.6. The topological polar surface area (TPSA) is 98.1 Å². The Morgan fingerprint density at radius 3 is 2.59 bits per heavy atom. The molecule has 0 bridgehead atoms. The number of imide groups is 1. The minimum Gasteiger partial charge on any atom is -0.495 e. The first-order valence-electron chi connectivity index (χ1n) is 9.64. The van der Waals surface area contributed by atoms with Crippen molar-refractivity contribution in [2.75, 3.05) is 13.7 Å². The quantitative estimate of drug-likeness (QED) is 0.467. The first kappa shape index (κ1) is 23.9. The molecule has 3 aromatic rings. The molecule has 32 heavy (non-hydrogen) atoms. The van der Waals surface area contributed by atoms with E-state index in [1.54, 1.807) is 61.9 Å². The van der Waals surface area contributed by atoms with Crippen LogP contribution in [0.25, 0.3) is 17.1 Å². The van der Waals surface area contributed by atoms with Gasteiger partial charge in [0.2, 0.25) is 5.91 Å². The molecule has 3 rings (SSSR count). The van der Waals surface area contributed by atoms with E-state index in [2.05, 4.69) is 20.8 Å². The lowest BCUT2D eigenvalue weighted by Crippen LogP contribution is -2.42. The minimum absolute atomic E-state index is 0.409. The van der Waals surface area contributed by atoms with Gasteiger partial charge in [-0.3, -0.25) is 14.7 Å². The van der Waals surface area contributed by atoms with Crippen LogP contribution >= 0.6 is 35.0 Å². The molecule has 2 N–H and O–H groups in total. The van der Waals surface area contributed by atoms with Gasteiger partial charge in [-0.15, -0.1) is 10.2 Å². The Morgan fingerprint density at radius 1 is 1.16 bits per heavy atom. The lowest BCUT2D eigenvalue weighted by molar-refractivity contribution is -0.119. The number of nitrogens with one attached hydrogen (secondary N) is 2. The van der Waals surface area contributed by atoms with Crippen molar-refractivity contribution in [2.24, 2.45) is 0 Å². The first-order chi connectivity index (χ1) is 15.3. The number of nitrogens with zero attached hydrogens (tertiary/aromatic N) is 3. The van der Waals surface area contributed by atoms with Crippen LogP contribution in [0.15, 0.2) is 47.6 Å². The third-order valence-electron chi connectivity index (χ3n) is 4.32. The monoisotopic (exact) mass is 493 g/mol. The van der Waals surface area contributed by atoms with Crippen LogP contribution in [0.1, 0.15) is 13.8 Å². The largest absolute Gasteiger partial charge is 0.495 e. The van der Waals surface area contributed by atoms with Crippen molar-refractivity contribution < 1.29 is 14.3 Å². The molecule has 11 heteroatoms. The van der Waals surface area contributed by atoms with Gasteiger partial charge in [-0.2, -0.15) is 0 Å². The van der Waals surface area contributed by atoms with Crippen LogP contribution in [-0.2, 0) is 4.79 Å². The summed E-state index contributed by atoms with van der Waals surface area (Å²) in [5, 5.41) is 14.3. The van der Waals surface area contributed by atoms with Gasteiger partial charge in [0.15, 0.2) is 11.0 Å². The maximum absolute atomic E-state index is 12.5. The van der Waals surface area contributed by atoms with Gasteiger partial charge in [0.1, 0.15) is 5.75 Å². The Bertz CT molecular complexity index is 1140. The van der Waals surface area contributed by atoms with Gasteiger partial charge < -0.3 is 10.1 Å². The van der Waals surface area contributed by atoms with E-state index in [9.17, 15) is 9.59 Å². The van der Waals surface area contributed by atoms with E-state index in [0.29, 0.717) is 39.0 Å². The number of rotatable bonds is 7. The number of thioether (sulfide) groups is 1. The van der Waals surface area contributed by atoms with Crippen LogP contribution in [0.2, 0.25) is 10.0 Å². The minimum atomic E-state index is -0.641. The molecule has 0 fully saturated rings. The van der Waals surface area contributed by atoms with Crippen molar-refractivity contribution in [3.05, 3.63) is 52.5 Å². The number of hydrogen-bond donors (Lipinski definition) is 2. The number of ether oxygens (including phenoxy) is 1. The smallest absolute Gasteiger partial charge is 0.321 e. The molecule has 0 unspecified atom stereocenters. The van der Waals surface area contributed by atoms with Crippen LogP contribution in [0.4, 0.5) is 4.79 Å². The average molecular weight is 494 g/mol. The number of urea groups is 1. The van der Waals surface area contributed by atoms with E-state index in [-0.39, 0.29) is 0 Å². The molecule has 0 saturated heterocycles. The highest BCUT2D eigenvalue weighted by Gasteiger charge is 2.24. The molecule has 2 aromatic carbocycles.